The topological polar surface area (TPSA) is 17.1 Å². The van der Waals surface area contributed by atoms with Crippen LogP contribution in [0.4, 0.5) is 4.39 Å². The summed E-state index contributed by atoms with van der Waals surface area (Å²) >= 11 is 3.30. The second-order valence-corrected chi connectivity index (χ2v) is 4.87. The van der Waals surface area contributed by atoms with E-state index >= 15 is 0 Å². The molecule has 1 aromatic rings. The third kappa shape index (κ3) is 4.12. The number of Topliss-reactive ketones (excluding diaryl/α,β-unsaturated/α-hetero) is 1. The van der Waals surface area contributed by atoms with E-state index < -0.39 is 0 Å². The van der Waals surface area contributed by atoms with Crippen LogP contribution in [0, 0.1) is 11.7 Å². The molecule has 0 aromatic heterocycles. The van der Waals surface area contributed by atoms with Gasteiger partial charge in [0.05, 0.1) is 0 Å². The van der Waals surface area contributed by atoms with Crippen molar-refractivity contribution in [2.75, 3.05) is 0 Å². The summed E-state index contributed by atoms with van der Waals surface area (Å²) in [6.07, 6.45) is 1.11. The Morgan fingerprint density at radius 2 is 2.20 bits per heavy atom. The molecule has 0 amide bonds. The molecular formula is C12H14BrFO. The Hall–Kier alpha value is -0.700. The minimum Gasteiger partial charge on any atom is -0.300 e. The summed E-state index contributed by atoms with van der Waals surface area (Å²) in [6.45, 7) is 3.52. The highest BCUT2D eigenvalue weighted by Gasteiger charge is 2.10. The van der Waals surface area contributed by atoms with E-state index in [0.29, 0.717) is 18.4 Å². The van der Waals surface area contributed by atoms with Gasteiger partial charge < -0.3 is 4.79 Å². The summed E-state index contributed by atoms with van der Waals surface area (Å²) in [6, 6.07) is 4.89. The van der Waals surface area contributed by atoms with Gasteiger partial charge in [0.2, 0.25) is 0 Å². The van der Waals surface area contributed by atoms with Crippen molar-refractivity contribution < 1.29 is 9.18 Å². The number of ketones is 1. The normalized spacial score (nSPS) is 12.5. The zero-order valence-corrected chi connectivity index (χ0v) is 10.5. The van der Waals surface area contributed by atoms with E-state index in [1.54, 1.807) is 19.1 Å². The molecule has 0 heterocycles. The van der Waals surface area contributed by atoms with E-state index in [9.17, 15) is 9.18 Å². The van der Waals surface area contributed by atoms with Crippen LogP contribution in [-0.2, 0) is 11.2 Å². The van der Waals surface area contributed by atoms with Crippen molar-refractivity contribution in [1.29, 1.82) is 0 Å². The first-order valence-corrected chi connectivity index (χ1v) is 5.71. The summed E-state index contributed by atoms with van der Waals surface area (Å²) in [5, 5.41) is 0. The van der Waals surface area contributed by atoms with Crippen LogP contribution in [0.25, 0.3) is 0 Å². The number of halogens is 2. The van der Waals surface area contributed by atoms with E-state index in [-0.39, 0.29) is 17.5 Å². The van der Waals surface area contributed by atoms with Crippen LogP contribution in [0.15, 0.2) is 22.7 Å². The molecule has 15 heavy (non-hydrogen) atoms. The number of carbonyl (C=O) groups is 1. The molecule has 82 valence electrons. The lowest BCUT2D eigenvalue weighted by Gasteiger charge is -2.10. The van der Waals surface area contributed by atoms with E-state index in [4.69, 9.17) is 0 Å². The standard InChI is InChI=1S/C12H14BrFO/c1-8(5-9(2)15)6-10-7-11(13)3-4-12(10)14/h3-4,7-8H,5-6H2,1-2H3. The van der Waals surface area contributed by atoms with Crippen LogP contribution in [-0.4, -0.2) is 5.78 Å². The third-order valence-corrected chi connectivity index (χ3v) is 2.71. The molecule has 0 radical (unpaired) electrons. The predicted molar refractivity (Wildman–Crippen MR) is 62.3 cm³/mol. The quantitative estimate of drug-likeness (QED) is 0.816. The van der Waals surface area contributed by atoms with Gasteiger partial charge in [0.25, 0.3) is 0 Å². The molecule has 0 bridgehead atoms. The van der Waals surface area contributed by atoms with Crippen LogP contribution in [0.3, 0.4) is 0 Å². The molecule has 0 spiro atoms. The number of carbonyl (C=O) groups excluding carboxylic acids is 1. The number of hydrogen-bond donors (Lipinski definition) is 0. The molecule has 0 saturated carbocycles. The molecule has 0 saturated heterocycles. The molecule has 1 unspecified atom stereocenters. The number of hydrogen-bond acceptors (Lipinski definition) is 1. The maximum absolute atomic E-state index is 13.4. The van der Waals surface area contributed by atoms with Gasteiger partial charge in [-0.2, -0.15) is 0 Å². The SMILES string of the molecule is CC(=O)CC(C)Cc1cc(Br)ccc1F. The highest BCUT2D eigenvalue weighted by molar-refractivity contribution is 9.10. The maximum atomic E-state index is 13.4. The molecule has 3 heteroatoms. The van der Waals surface area contributed by atoms with Crippen molar-refractivity contribution in [1.82, 2.24) is 0 Å². The lowest BCUT2D eigenvalue weighted by atomic mass is 9.96. The van der Waals surface area contributed by atoms with Gasteiger partial charge in [0, 0.05) is 10.9 Å². The molecule has 0 N–H and O–H groups in total. The predicted octanol–water partition coefficient (Wildman–Crippen LogP) is 3.75. The van der Waals surface area contributed by atoms with Crippen molar-refractivity contribution in [2.24, 2.45) is 5.92 Å². The van der Waals surface area contributed by atoms with Crippen LogP contribution >= 0.6 is 15.9 Å². The van der Waals surface area contributed by atoms with Crippen molar-refractivity contribution >= 4 is 21.7 Å². The summed E-state index contributed by atoms with van der Waals surface area (Å²) < 4.78 is 14.2. The maximum Gasteiger partial charge on any atom is 0.130 e. The van der Waals surface area contributed by atoms with Gasteiger partial charge >= 0.3 is 0 Å². The minimum atomic E-state index is -0.200. The first-order valence-electron chi connectivity index (χ1n) is 4.92. The van der Waals surface area contributed by atoms with Gasteiger partial charge in [-0.25, -0.2) is 4.39 Å². The summed E-state index contributed by atoms with van der Waals surface area (Å²) in [5.41, 5.74) is 0.665. The average Bonchev–Trinajstić information content (AvgIpc) is 2.10. The fourth-order valence-electron chi connectivity index (χ4n) is 1.64. The second-order valence-electron chi connectivity index (χ2n) is 3.95. The molecule has 0 fully saturated rings. The molecule has 0 aliphatic carbocycles. The van der Waals surface area contributed by atoms with Gasteiger partial charge in [-0.1, -0.05) is 22.9 Å². The first kappa shape index (κ1) is 12.4. The van der Waals surface area contributed by atoms with Crippen LogP contribution < -0.4 is 0 Å². The Bertz CT molecular complexity index is 363. The molecule has 1 nitrogen and oxygen atoms in total. The van der Waals surface area contributed by atoms with E-state index in [1.165, 1.54) is 6.07 Å². The van der Waals surface area contributed by atoms with Crippen LogP contribution in [0.2, 0.25) is 0 Å². The van der Waals surface area contributed by atoms with Crippen LogP contribution in [0.5, 0.6) is 0 Å². The Morgan fingerprint density at radius 3 is 2.80 bits per heavy atom. The third-order valence-electron chi connectivity index (χ3n) is 2.21. The largest absolute Gasteiger partial charge is 0.300 e. The first-order chi connectivity index (χ1) is 6.99. The van der Waals surface area contributed by atoms with Crippen molar-refractivity contribution in [3.8, 4) is 0 Å². The monoisotopic (exact) mass is 272 g/mol. The molecule has 0 aliphatic heterocycles. The van der Waals surface area contributed by atoms with Gasteiger partial charge in [0.1, 0.15) is 11.6 Å². The van der Waals surface area contributed by atoms with E-state index in [2.05, 4.69) is 15.9 Å². The smallest absolute Gasteiger partial charge is 0.130 e. The fourth-order valence-corrected chi connectivity index (χ4v) is 2.05. The number of rotatable bonds is 4. The van der Waals surface area contributed by atoms with Crippen molar-refractivity contribution in [2.45, 2.75) is 26.7 Å². The van der Waals surface area contributed by atoms with E-state index in [1.807, 2.05) is 6.92 Å². The summed E-state index contributed by atoms with van der Waals surface area (Å²) in [7, 11) is 0. The average molecular weight is 273 g/mol. The molecule has 1 rings (SSSR count). The van der Waals surface area contributed by atoms with Gasteiger partial charge in [-0.3, -0.25) is 0 Å². The van der Waals surface area contributed by atoms with Gasteiger partial charge in [0.15, 0.2) is 0 Å². The Labute approximate surface area is 97.8 Å². The highest BCUT2D eigenvalue weighted by atomic mass is 79.9. The Kier molecular flexibility index (Phi) is 4.45. The molecule has 0 aliphatic rings. The molecule has 1 atom stereocenters. The Morgan fingerprint density at radius 1 is 1.53 bits per heavy atom. The van der Waals surface area contributed by atoms with Crippen molar-refractivity contribution in [3.05, 3.63) is 34.1 Å². The lowest BCUT2D eigenvalue weighted by molar-refractivity contribution is -0.117. The van der Waals surface area contributed by atoms with Gasteiger partial charge in [-0.15, -0.1) is 0 Å². The minimum absolute atomic E-state index is 0.151. The molecule has 1 aromatic carbocycles. The van der Waals surface area contributed by atoms with Crippen molar-refractivity contribution in [3.63, 3.8) is 0 Å². The fraction of sp³-hybridized carbons (Fsp3) is 0.417. The summed E-state index contributed by atoms with van der Waals surface area (Å²) in [5.74, 6) is 0.137. The lowest BCUT2D eigenvalue weighted by Crippen LogP contribution is -2.06. The van der Waals surface area contributed by atoms with E-state index in [0.717, 1.165) is 4.47 Å². The van der Waals surface area contributed by atoms with Gasteiger partial charge in [-0.05, 0) is 43.0 Å². The zero-order valence-electron chi connectivity index (χ0n) is 8.89. The zero-order chi connectivity index (χ0) is 11.4. The number of benzene rings is 1. The summed E-state index contributed by atoms with van der Waals surface area (Å²) in [4.78, 5) is 10.9. The van der Waals surface area contributed by atoms with Crippen LogP contribution in [0.1, 0.15) is 25.8 Å². The Balaban J connectivity index is 2.71. The molecular weight excluding hydrogens is 259 g/mol. The highest BCUT2D eigenvalue weighted by Crippen LogP contribution is 2.19. The second kappa shape index (κ2) is 5.40.